The van der Waals surface area contributed by atoms with E-state index in [0.717, 1.165) is 19.3 Å². The first-order valence-corrected chi connectivity index (χ1v) is 7.78. The van der Waals surface area contributed by atoms with E-state index in [-0.39, 0.29) is 23.4 Å². The van der Waals surface area contributed by atoms with E-state index in [9.17, 15) is 4.39 Å². The zero-order chi connectivity index (χ0) is 13.5. The largest absolute Gasteiger partial charge is 0.490 e. The molecule has 2 fully saturated rings. The molecule has 0 heterocycles. The van der Waals surface area contributed by atoms with Crippen molar-refractivity contribution in [1.82, 2.24) is 0 Å². The summed E-state index contributed by atoms with van der Waals surface area (Å²) in [6, 6.07) is 5.20. The first kappa shape index (κ1) is 13.4. The summed E-state index contributed by atoms with van der Waals surface area (Å²) < 4.78 is 20.0. The summed E-state index contributed by atoms with van der Waals surface area (Å²) in [7, 11) is 0. The number of ether oxygens (including phenoxy) is 1. The fourth-order valence-electron chi connectivity index (χ4n) is 3.56. The lowest BCUT2D eigenvalue weighted by Gasteiger charge is -2.56. The lowest BCUT2D eigenvalue weighted by molar-refractivity contribution is -0.0899. The second-order valence-electron chi connectivity index (χ2n) is 5.82. The van der Waals surface area contributed by atoms with Gasteiger partial charge in [-0.2, -0.15) is 0 Å². The number of nitrogens with two attached hydrogens (primary N) is 1. The van der Waals surface area contributed by atoms with E-state index in [1.807, 2.05) is 6.07 Å². The van der Waals surface area contributed by atoms with Gasteiger partial charge in [-0.25, -0.2) is 4.39 Å². The molecule has 2 unspecified atom stereocenters. The van der Waals surface area contributed by atoms with E-state index in [2.05, 4.69) is 15.9 Å². The van der Waals surface area contributed by atoms with Gasteiger partial charge in [-0.3, -0.25) is 0 Å². The summed E-state index contributed by atoms with van der Waals surface area (Å²) in [4.78, 5) is 0. The van der Waals surface area contributed by atoms with Crippen molar-refractivity contribution in [2.75, 3.05) is 0 Å². The molecule has 2 aliphatic carbocycles. The molecule has 3 rings (SSSR count). The second-order valence-corrected chi connectivity index (χ2v) is 6.67. The highest BCUT2D eigenvalue weighted by atomic mass is 79.9. The van der Waals surface area contributed by atoms with E-state index in [4.69, 9.17) is 10.5 Å². The van der Waals surface area contributed by atoms with Crippen LogP contribution in [0.25, 0.3) is 0 Å². The van der Waals surface area contributed by atoms with Crippen molar-refractivity contribution in [2.24, 2.45) is 11.1 Å². The molecule has 0 bridgehead atoms. The van der Waals surface area contributed by atoms with E-state index >= 15 is 0 Å². The van der Waals surface area contributed by atoms with Gasteiger partial charge in [0.1, 0.15) is 17.7 Å². The quantitative estimate of drug-likeness (QED) is 0.890. The number of benzene rings is 1. The van der Waals surface area contributed by atoms with Crippen molar-refractivity contribution in [3.8, 4) is 5.75 Å². The molecule has 2 atom stereocenters. The highest BCUT2D eigenvalue weighted by molar-refractivity contribution is 9.10. The SMILES string of the molecule is NC1CC(Oc2ccc(Br)c(F)c2)C12CCCCC2. The molecule has 19 heavy (non-hydrogen) atoms. The molecule has 0 aromatic heterocycles. The third-order valence-corrected chi connectivity index (χ3v) is 5.44. The molecular weight excluding hydrogens is 309 g/mol. The number of hydrogen-bond acceptors (Lipinski definition) is 2. The fraction of sp³-hybridized carbons (Fsp3) is 0.600. The van der Waals surface area contributed by atoms with Crippen molar-refractivity contribution in [3.05, 3.63) is 28.5 Å². The Bertz CT molecular complexity index is 473. The zero-order valence-corrected chi connectivity index (χ0v) is 12.5. The molecule has 1 aromatic rings. The smallest absolute Gasteiger partial charge is 0.141 e. The van der Waals surface area contributed by atoms with E-state index in [1.54, 1.807) is 6.07 Å². The Hall–Kier alpha value is -0.610. The molecule has 104 valence electrons. The zero-order valence-electron chi connectivity index (χ0n) is 10.9. The van der Waals surface area contributed by atoms with Crippen LogP contribution in [0.3, 0.4) is 0 Å². The Balaban J connectivity index is 1.74. The lowest BCUT2D eigenvalue weighted by atomic mass is 9.55. The molecule has 1 spiro atoms. The first-order chi connectivity index (χ1) is 9.12. The number of halogens is 2. The number of rotatable bonds is 2. The minimum atomic E-state index is -0.279. The molecule has 0 radical (unpaired) electrons. The highest BCUT2D eigenvalue weighted by Crippen LogP contribution is 2.52. The Morgan fingerprint density at radius 1 is 1.26 bits per heavy atom. The van der Waals surface area contributed by atoms with Gasteiger partial charge in [-0.05, 0) is 40.9 Å². The topological polar surface area (TPSA) is 35.2 Å². The van der Waals surface area contributed by atoms with Crippen molar-refractivity contribution in [2.45, 2.75) is 50.7 Å². The average molecular weight is 328 g/mol. The summed E-state index contributed by atoms with van der Waals surface area (Å²) in [5, 5.41) is 0. The Morgan fingerprint density at radius 3 is 2.63 bits per heavy atom. The Morgan fingerprint density at radius 2 is 2.00 bits per heavy atom. The van der Waals surface area contributed by atoms with Gasteiger partial charge >= 0.3 is 0 Å². The van der Waals surface area contributed by atoms with E-state index in [1.165, 1.54) is 25.3 Å². The molecular formula is C15H19BrFNO. The lowest BCUT2D eigenvalue weighted by Crippen LogP contribution is -2.64. The van der Waals surface area contributed by atoms with Crippen LogP contribution in [-0.4, -0.2) is 12.1 Å². The van der Waals surface area contributed by atoms with Gasteiger partial charge in [0.05, 0.1) is 4.47 Å². The molecule has 0 aliphatic heterocycles. The standard InChI is InChI=1S/C15H19BrFNO/c16-11-5-4-10(8-12(11)17)19-14-9-13(18)15(14)6-2-1-3-7-15/h4-5,8,13-14H,1-3,6-7,9,18H2. The van der Waals surface area contributed by atoms with Crippen molar-refractivity contribution in [1.29, 1.82) is 0 Å². The van der Waals surface area contributed by atoms with Crippen LogP contribution in [-0.2, 0) is 0 Å². The Labute approximate surface area is 121 Å². The van der Waals surface area contributed by atoms with E-state index in [0.29, 0.717) is 10.2 Å². The van der Waals surface area contributed by atoms with Crippen LogP contribution in [0, 0.1) is 11.2 Å². The maximum atomic E-state index is 13.5. The second kappa shape index (κ2) is 5.06. The number of hydrogen-bond donors (Lipinski definition) is 1. The summed E-state index contributed by atoms with van der Waals surface area (Å²) in [5.41, 5.74) is 6.37. The van der Waals surface area contributed by atoms with Crippen LogP contribution in [0.4, 0.5) is 4.39 Å². The maximum Gasteiger partial charge on any atom is 0.141 e. The molecule has 0 saturated heterocycles. The molecule has 2 aliphatic rings. The first-order valence-electron chi connectivity index (χ1n) is 6.99. The Kier molecular flexibility index (Phi) is 3.56. The summed E-state index contributed by atoms with van der Waals surface area (Å²) >= 11 is 3.16. The van der Waals surface area contributed by atoms with Gasteiger partial charge in [0.15, 0.2) is 0 Å². The summed E-state index contributed by atoms with van der Waals surface area (Å²) in [5.74, 6) is 0.335. The van der Waals surface area contributed by atoms with Crippen molar-refractivity contribution >= 4 is 15.9 Å². The van der Waals surface area contributed by atoms with Crippen molar-refractivity contribution < 1.29 is 9.13 Å². The van der Waals surface area contributed by atoms with Crippen LogP contribution in [0.2, 0.25) is 0 Å². The van der Waals surface area contributed by atoms with Gasteiger partial charge in [0, 0.05) is 23.9 Å². The van der Waals surface area contributed by atoms with Crippen LogP contribution in [0.15, 0.2) is 22.7 Å². The highest BCUT2D eigenvalue weighted by Gasteiger charge is 2.54. The summed E-state index contributed by atoms with van der Waals surface area (Å²) in [6.45, 7) is 0. The maximum absolute atomic E-state index is 13.5. The summed E-state index contributed by atoms with van der Waals surface area (Å²) in [6.07, 6.45) is 7.12. The average Bonchev–Trinajstić information content (AvgIpc) is 2.43. The van der Waals surface area contributed by atoms with Crippen LogP contribution < -0.4 is 10.5 Å². The van der Waals surface area contributed by atoms with Gasteiger partial charge in [-0.1, -0.05) is 19.3 Å². The minimum Gasteiger partial charge on any atom is -0.490 e. The van der Waals surface area contributed by atoms with Crippen LogP contribution in [0.1, 0.15) is 38.5 Å². The normalized spacial score (nSPS) is 29.0. The van der Waals surface area contributed by atoms with Crippen LogP contribution >= 0.6 is 15.9 Å². The van der Waals surface area contributed by atoms with Crippen LogP contribution in [0.5, 0.6) is 5.75 Å². The predicted molar refractivity (Wildman–Crippen MR) is 76.6 cm³/mol. The van der Waals surface area contributed by atoms with Gasteiger partial charge in [-0.15, -0.1) is 0 Å². The molecule has 0 amide bonds. The molecule has 2 saturated carbocycles. The molecule has 1 aromatic carbocycles. The minimum absolute atomic E-state index is 0.141. The van der Waals surface area contributed by atoms with Gasteiger partial charge in [0.25, 0.3) is 0 Å². The fourth-order valence-corrected chi connectivity index (χ4v) is 3.81. The van der Waals surface area contributed by atoms with Gasteiger partial charge < -0.3 is 10.5 Å². The molecule has 2 nitrogen and oxygen atoms in total. The van der Waals surface area contributed by atoms with Gasteiger partial charge in [0.2, 0.25) is 0 Å². The van der Waals surface area contributed by atoms with Crippen molar-refractivity contribution in [3.63, 3.8) is 0 Å². The van der Waals surface area contributed by atoms with E-state index < -0.39 is 0 Å². The molecule has 4 heteroatoms. The third kappa shape index (κ3) is 2.29. The predicted octanol–water partition coefficient (Wildman–Crippen LogP) is 4.02. The third-order valence-electron chi connectivity index (χ3n) is 4.80. The molecule has 2 N–H and O–H groups in total. The monoisotopic (exact) mass is 327 g/mol.